The molecule has 3 nitrogen and oxygen atoms in total. The summed E-state index contributed by atoms with van der Waals surface area (Å²) in [4.78, 5) is 11.8. The second-order valence-electron chi connectivity index (χ2n) is 5.35. The molecule has 2 atom stereocenters. The summed E-state index contributed by atoms with van der Waals surface area (Å²) in [5.74, 6) is 0.778. The molecule has 0 aromatic carbocycles. The van der Waals surface area contributed by atoms with Gasteiger partial charge in [-0.15, -0.1) is 0 Å². The van der Waals surface area contributed by atoms with Crippen LogP contribution in [0.4, 0.5) is 0 Å². The third kappa shape index (κ3) is 3.98. The topological polar surface area (TPSA) is 38.3 Å². The number of hydrogen-bond acceptors (Lipinski definition) is 4. The zero-order chi connectivity index (χ0) is 12.2. The number of nitrogens with one attached hydrogen (secondary N) is 1. The molecule has 0 aromatic heterocycles. The molecule has 4 heteroatoms. The molecule has 94 valence electrons. The SMILES string of the molecule is CSC[C@H](OC(=O)C(C)(C)C)[C@H]1CCCN1. The van der Waals surface area contributed by atoms with Gasteiger partial charge in [-0.2, -0.15) is 11.8 Å². The fourth-order valence-electron chi connectivity index (χ4n) is 1.74. The Morgan fingerprint density at radius 2 is 2.25 bits per heavy atom. The van der Waals surface area contributed by atoms with Crippen LogP contribution in [0.5, 0.6) is 0 Å². The van der Waals surface area contributed by atoms with Crippen LogP contribution in [0.2, 0.25) is 0 Å². The molecule has 0 amide bonds. The number of ether oxygens (including phenoxy) is 1. The summed E-state index contributed by atoms with van der Waals surface area (Å²) >= 11 is 1.73. The summed E-state index contributed by atoms with van der Waals surface area (Å²) < 4.78 is 5.62. The third-order valence-corrected chi connectivity index (χ3v) is 3.41. The fraction of sp³-hybridized carbons (Fsp3) is 0.917. The Morgan fingerprint density at radius 1 is 1.56 bits per heavy atom. The molecule has 0 unspecified atom stereocenters. The maximum Gasteiger partial charge on any atom is 0.311 e. The Kier molecular flexibility index (Phi) is 5.12. The molecule has 0 saturated carbocycles. The summed E-state index contributed by atoms with van der Waals surface area (Å²) in [6, 6.07) is 0.346. The van der Waals surface area contributed by atoms with E-state index in [-0.39, 0.29) is 12.1 Å². The molecular weight excluding hydrogens is 222 g/mol. The molecular formula is C12H23NO2S. The minimum absolute atomic E-state index is 0.0178. The van der Waals surface area contributed by atoms with Crippen molar-refractivity contribution in [3.8, 4) is 0 Å². The molecule has 0 aromatic rings. The van der Waals surface area contributed by atoms with E-state index in [1.807, 2.05) is 27.0 Å². The highest BCUT2D eigenvalue weighted by Gasteiger charge is 2.31. The maximum absolute atomic E-state index is 11.8. The Bertz CT molecular complexity index is 232. The minimum atomic E-state index is -0.407. The van der Waals surface area contributed by atoms with Gasteiger partial charge in [0.05, 0.1) is 5.41 Å². The van der Waals surface area contributed by atoms with Gasteiger partial charge in [0.15, 0.2) is 0 Å². The van der Waals surface area contributed by atoms with Crippen LogP contribution in [0.3, 0.4) is 0 Å². The minimum Gasteiger partial charge on any atom is -0.459 e. The van der Waals surface area contributed by atoms with Crippen LogP contribution < -0.4 is 5.32 Å². The van der Waals surface area contributed by atoms with Gasteiger partial charge in [0.2, 0.25) is 0 Å². The fourth-order valence-corrected chi connectivity index (χ4v) is 2.37. The molecule has 1 aliphatic heterocycles. The van der Waals surface area contributed by atoms with Crippen LogP contribution in [0.1, 0.15) is 33.6 Å². The van der Waals surface area contributed by atoms with Crippen LogP contribution in [-0.2, 0) is 9.53 Å². The number of rotatable bonds is 4. The first-order valence-electron chi connectivity index (χ1n) is 5.88. The van der Waals surface area contributed by atoms with E-state index in [4.69, 9.17) is 4.74 Å². The average Bonchev–Trinajstić information content (AvgIpc) is 2.68. The van der Waals surface area contributed by atoms with Gasteiger partial charge in [-0.3, -0.25) is 4.79 Å². The number of hydrogen-bond donors (Lipinski definition) is 1. The molecule has 1 heterocycles. The second kappa shape index (κ2) is 5.92. The van der Waals surface area contributed by atoms with Crippen molar-refractivity contribution in [3.63, 3.8) is 0 Å². The largest absolute Gasteiger partial charge is 0.459 e. The van der Waals surface area contributed by atoms with Crippen molar-refractivity contribution in [1.29, 1.82) is 0 Å². The summed E-state index contributed by atoms with van der Waals surface area (Å²) in [6.07, 6.45) is 4.36. The zero-order valence-corrected chi connectivity index (χ0v) is 11.5. The van der Waals surface area contributed by atoms with Crippen LogP contribution in [0.15, 0.2) is 0 Å². The normalized spacial score (nSPS) is 23.1. The lowest BCUT2D eigenvalue weighted by Gasteiger charge is -2.27. The second-order valence-corrected chi connectivity index (χ2v) is 6.26. The molecule has 16 heavy (non-hydrogen) atoms. The van der Waals surface area contributed by atoms with Crippen molar-refractivity contribution >= 4 is 17.7 Å². The molecule has 1 N–H and O–H groups in total. The van der Waals surface area contributed by atoms with E-state index in [9.17, 15) is 4.79 Å². The molecule has 0 spiro atoms. The molecule has 0 aliphatic carbocycles. The van der Waals surface area contributed by atoms with Gasteiger partial charge < -0.3 is 10.1 Å². The van der Waals surface area contributed by atoms with Crippen LogP contribution in [0, 0.1) is 5.41 Å². The smallest absolute Gasteiger partial charge is 0.311 e. The molecule has 1 rings (SSSR count). The zero-order valence-electron chi connectivity index (χ0n) is 10.7. The predicted octanol–water partition coefficient (Wildman–Crippen LogP) is 2.06. The molecule has 1 saturated heterocycles. The molecule has 0 radical (unpaired) electrons. The lowest BCUT2D eigenvalue weighted by molar-refractivity contribution is -0.158. The monoisotopic (exact) mass is 245 g/mol. The van der Waals surface area contributed by atoms with Crippen LogP contribution in [-0.4, -0.2) is 36.7 Å². The third-order valence-electron chi connectivity index (χ3n) is 2.75. The number of thioether (sulfide) groups is 1. The standard InChI is InChI=1S/C12H23NO2S/c1-12(2,3)11(14)15-10(8-16-4)9-6-5-7-13-9/h9-10,13H,5-8H2,1-4H3/t9-,10+/m1/s1. The van der Waals surface area contributed by atoms with Gasteiger partial charge in [0.25, 0.3) is 0 Å². The van der Waals surface area contributed by atoms with Gasteiger partial charge in [-0.1, -0.05) is 0 Å². The van der Waals surface area contributed by atoms with Crippen molar-refractivity contribution in [3.05, 3.63) is 0 Å². The van der Waals surface area contributed by atoms with Gasteiger partial charge in [-0.05, 0) is 46.4 Å². The van der Waals surface area contributed by atoms with Crippen molar-refractivity contribution in [2.24, 2.45) is 5.41 Å². The van der Waals surface area contributed by atoms with E-state index in [2.05, 4.69) is 5.32 Å². The first-order chi connectivity index (χ1) is 7.45. The Labute approximate surface area is 103 Å². The highest BCUT2D eigenvalue weighted by atomic mass is 32.2. The van der Waals surface area contributed by atoms with Crippen LogP contribution >= 0.6 is 11.8 Å². The summed E-state index contributed by atoms with van der Waals surface area (Å²) in [7, 11) is 0. The Balaban J connectivity index is 2.53. The van der Waals surface area contributed by atoms with E-state index in [1.54, 1.807) is 11.8 Å². The highest BCUT2D eigenvalue weighted by Crippen LogP contribution is 2.21. The van der Waals surface area contributed by atoms with E-state index < -0.39 is 5.41 Å². The summed E-state index contributed by atoms with van der Waals surface area (Å²) in [5.41, 5.74) is -0.407. The van der Waals surface area contributed by atoms with Gasteiger partial charge in [0, 0.05) is 11.8 Å². The van der Waals surface area contributed by atoms with Gasteiger partial charge >= 0.3 is 5.97 Å². The lowest BCUT2D eigenvalue weighted by Crippen LogP contribution is -2.42. The summed E-state index contributed by atoms with van der Waals surface area (Å²) in [6.45, 7) is 6.73. The molecule has 1 aliphatic rings. The summed E-state index contributed by atoms with van der Waals surface area (Å²) in [5, 5.41) is 3.41. The molecule has 0 bridgehead atoms. The van der Waals surface area contributed by atoms with Gasteiger partial charge in [-0.25, -0.2) is 0 Å². The van der Waals surface area contributed by atoms with Crippen molar-refractivity contribution in [2.75, 3.05) is 18.6 Å². The Hall–Kier alpha value is -0.220. The number of esters is 1. The van der Waals surface area contributed by atoms with Crippen molar-refractivity contribution in [2.45, 2.75) is 45.8 Å². The molecule has 1 fully saturated rings. The van der Waals surface area contributed by atoms with Crippen LogP contribution in [0.25, 0.3) is 0 Å². The van der Waals surface area contributed by atoms with E-state index >= 15 is 0 Å². The van der Waals surface area contributed by atoms with Gasteiger partial charge in [0.1, 0.15) is 6.10 Å². The first kappa shape index (κ1) is 13.8. The first-order valence-corrected chi connectivity index (χ1v) is 7.28. The predicted molar refractivity (Wildman–Crippen MR) is 68.7 cm³/mol. The number of carbonyl (C=O) groups is 1. The van der Waals surface area contributed by atoms with Crippen molar-refractivity contribution in [1.82, 2.24) is 5.32 Å². The quantitative estimate of drug-likeness (QED) is 0.769. The number of carbonyl (C=O) groups excluding carboxylic acids is 1. The lowest BCUT2D eigenvalue weighted by atomic mass is 9.97. The van der Waals surface area contributed by atoms with E-state index in [0.717, 1.165) is 18.7 Å². The van der Waals surface area contributed by atoms with Crippen molar-refractivity contribution < 1.29 is 9.53 Å². The van der Waals surface area contributed by atoms with E-state index in [0.29, 0.717) is 6.04 Å². The average molecular weight is 245 g/mol. The Morgan fingerprint density at radius 3 is 2.69 bits per heavy atom. The highest BCUT2D eigenvalue weighted by molar-refractivity contribution is 7.98. The van der Waals surface area contributed by atoms with E-state index in [1.165, 1.54) is 6.42 Å². The maximum atomic E-state index is 11.8.